The number of benzene rings is 1. The fraction of sp³-hybridized carbons (Fsp3) is 0.500. The SMILES string of the molecule is O=C(CCC1CC1)C1COc2ccccc21. The summed E-state index contributed by atoms with van der Waals surface area (Å²) in [5.41, 5.74) is 1.09. The summed E-state index contributed by atoms with van der Waals surface area (Å²) in [6.45, 7) is 0.544. The van der Waals surface area contributed by atoms with Crippen molar-refractivity contribution in [1.82, 2.24) is 0 Å². The van der Waals surface area contributed by atoms with E-state index in [4.69, 9.17) is 4.74 Å². The second kappa shape index (κ2) is 3.93. The molecule has 0 bridgehead atoms. The van der Waals surface area contributed by atoms with Crippen molar-refractivity contribution < 1.29 is 9.53 Å². The van der Waals surface area contributed by atoms with Crippen LogP contribution < -0.4 is 4.74 Å². The molecule has 1 aromatic rings. The fourth-order valence-electron chi connectivity index (χ4n) is 2.36. The summed E-state index contributed by atoms with van der Waals surface area (Å²) >= 11 is 0. The standard InChI is InChI=1S/C14H16O2/c15-13(8-7-10-5-6-10)12-9-16-14-4-2-1-3-11(12)14/h1-4,10,12H,5-9H2. The topological polar surface area (TPSA) is 26.3 Å². The van der Waals surface area contributed by atoms with Gasteiger partial charge < -0.3 is 4.74 Å². The molecule has 1 saturated carbocycles. The predicted octanol–water partition coefficient (Wildman–Crippen LogP) is 2.92. The molecule has 0 amide bonds. The number of hydrogen-bond acceptors (Lipinski definition) is 2. The summed E-state index contributed by atoms with van der Waals surface area (Å²) in [6, 6.07) is 7.90. The Balaban J connectivity index is 1.68. The van der Waals surface area contributed by atoms with Crippen LogP contribution in [0.2, 0.25) is 0 Å². The second-order valence-corrected chi connectivity index (χ2v) is 4.85. The van der Waals surface area contributed by atoms with Crippen LogP contribution >= 0.6 is 0 Å². The molecule has 2 aliphatic rings. The van der Waals surface area contributed by atoms with Crippen molar-refractivity contribution in [2.75, 3.05) is 6.61 Å². The molecule has 2 heteroatoms. The summed E-state index contributed by atoms with van der Waals surface area (Å²) in [6.07, 6.45) is 4.46. The van der Waals surface area contributed by atoms with Crippen LogP contribution in [0.5, 0.6) is 5.75 Å². The molecule has 1 heterocycles. The van der Waals surface area contributed by atoms with Gasteiger partial charge in [-0.2, -0.15) is 0 Å². The van der Waals surface area contributed by atoms with E-state index in [0.29, 0.717) is 12.4 Å². The second-order valence-electron chi connectivity index (χ2n) is 4.85. The molecule has 84 valence electrons. The van der Waals surface area contributed by atoms with Gasteiger partial charge in [0.15, 0.2) is 0 Å². The minimum atomic E-state index is -0.00468. The Morgan fingerprint density at radius 3 is 2.94 bits per heavy atom. The molecule has 1 fully saturated rings. The summed E-state index contributed by atoms with van der Waals surface area (Å²) in [4.78, 5) is 12.1. The zero-order valence-corrected chi connectivity index (χ0v) is 9.32. The van der Waals surface area contributed by atoms with Gasteiger partial charge in [0.05, 0.1) is 5.92 Å². The van der Waals surface area contributed by atoms with E-state index < -0.39 is 0 Å². The minimum Gasteiger partial charge on any atom is -0.492 e. The normalized spacial score (nSPS) is 22.6. The Morgan fingerprint density at radius 2 is 2.12 bits per heavy atom. The summed E-state index contributed by atoms with van der Waals surface area (Å²) in [7, 11) is 0. The number of para-hydroxylation sites is 1. The van der Waals surface area contributed by atoms with Crippen molar-refractivity contribution in [3.05, 3.63) is 29.8 Å². The highest BCUT2D eigenvalue weighted by Crippen LogP contribution is 2.37. The molecule has 1 aliphatic carbocycles. The van der Waals surface area contributed by atoms with Crippen LogP contribution in [0.4, 0.5) is 0 Å². The van der Waals surface area contributed by atoms with E-state index in [2.05, 4.69) is 0 Å². The first-order valence-corrected chi connectivity index (χ1v) is 6.09. The molecule has 1 atom stereocenters. The number of Topliss-reactive ketones (excluding diaryl/α,β-unsaturated/α-hetero) is 1. The van der Waals surface area contributed by atoms with Crippen molar-refractivity contribution in [2.45, 2.75) is 31.6 Å². The average Bonchev–Trinajstić information content (AvgIpc) is 3.04. The van der Waals surface area contributed by atoms with E-state index in [1.165, 1.54) is 12.8 Å². The van der Waals surface area contributed by atoms with Gasteiger partial charge in [0.25, 0.3) is 0 Å². The van der Waals surface area contributed by atoms with Gasteiger partial charge in [0.1, 0.15) is 18.1 Å². The smallest absolute Gasteiger partial charge is 0.143 e. The number of rotatable bonds is 4. The van der Waals surface area contributed by atoms with Gasteiger partial charge in [-0.05, 0) is 18.4 Å². The first-order chi connectivity index (χ1) is 7.84. The molecule has 1 unspecified atom stereocenters. The van der Waals surface area contributed by atoms with Gasteiger partial charge in [-0.1, -0.05) is 31.0 Å². The molecule has 1 aliphatic heterocycles. The van der Waals surface area contributed by atoms with Crippen molar-refractivity contribution in [2.24, 2.45) is 5.92 Å². The monoisotopic (exact) mass is 216 g/mol. The Morgan fingerprint density at radius 1 is 1.31 bits per heavy atom. The van der Waals surface area contributed by atoms with Gasteiger partial charge in [-0.15, -0.1) is 0 Å². The Hall–Kier alpha value is -1.31. The average molecular weight is 216 g/mol. The molecule has 0 radical (unpaired) electrons. The maximum atomic E-state index is 12.1. The van der Waals surface area contributed by atoms with Gasteiger partial charge in [-0.3, -0.25) is 4.79 Å². The van der Waals surface area contributed by atoms with Crippen LogP contribution in [0.25, 0.3) is 0 Å². The lowest BCUT2D eigenvalue weighted by Crippen LogP contribution is -2.13. The van der Waals surface area contributed by atoms with E-state index in [1.807, 2.05) is 24.3 Å². The van der Waals surface area contributed by atoms with Gasteiger partial charge in [-0.25, -0.2) is 0 Å². The van der Waals surface area contributed by atoms with Crippen molar-refractivity contribution >= 4 is 5.78 Å². The molecule has 2 nitrogen and oxygen atoms in total. The maximum Gasteiger partial charge on any atom is 0.143 e. The van der Waals surface area contributed by atoms with Gasteiger partial charge >= 0.3 is 0 Å². The van der Waals surface area contributed by atoms with Gasteiger partial charge in [0.2, 0.25) is 0 Å². The third kappa shape index (κ3) is 1.84. The largest absolute Gasteiger partial charge is 0.492 e. The Labute approximate surface area is 95.6 Å². The van der Waals surface area contributed by atoms with Crippen LogP contribution in [0.3, 0.4) is 0 Å². The van der Waals surface area contributed by atoms with E-state index in [1.54, 1.807) is 0 Å². The number of carbonyl (C=O) groups excluding carboxylic acids is 1. The number of hydrogen-bond donors (Lipinski definition) is 0. The first-order valence-electron chi connectivity index (χ1n) is 6.09. The molecule has 1 aromatic carbocycles. The summed E-state index contributed by atoms with van der Waals surface area (Å²) in [5, 5.41) is 0. The summed E-state index contributed by atoms with van der Waals surface area (Å²) in [5.74, 6) is 2.08. The predicted molar refractivity (Wildman–Crippen MR) is 61.6 cm³/mol. The van der Waals surface area contributed by atoms with Crippen molar-refractivity contribution in [3.63, 3.8) is 0 Å². The number of fused-ring (bicyclic) bond motifs is 1. The van der Waals surface area contributed by atoms with Crippen LogP contribution in [-0.2, 0) is 4.79 Å². The highest BCUT2D eigenvalue weighted by atomic mass is 16.5. The zero-order chi connectivity index (χ0) is 11.0. The maximum absolute atomic E-state index is 12.1. The van der Waals surface area contributed by atoms with Crippen LogP contribution in [-0.4, -0.2) is 12.4 Å². The molecule has 3 rings (SSSR count). The minimum absolute atomic E-state index is 0.00468. The molecular weight excluding hydrogens is 200 g/mol. The van der Waals surface area contributed by atoms with E-state index in [9.17, 15) is 4.79 Å². The molecule has 16 heavy (non-hydrogen) atoms. The van der Waals surface area contributed by atoms with E-state index >= 15 is 0 Å². The lowest BCUT2D eigenvalue weighted by molar-refractivity contribution is -0.120. The van der Waals surface area contributed by atoms with Crippen molar-refractivity contribution in [1.29, 1.82) is 0 Å². The quantitative estimate of drug-likeness (QED) is 0.773. The molecule has 0 saturated heterocycles. The molecular formula is C14H16O2. The molecule has 0 spiro atoms. The molecule has 0 N–H and O–H groups in total. The lowest BCUT2D eigenvalue weighted by Gasteiger charge is -2.06. The third-order valence-corrected chi connectivity index (χ3v) is 3.58. The molecule has 0 aromatic heterocycles. The van der Waals surface area contributed by atoms with Crippen molar-refractivity contribution in [3.8, 4) is 5.75 Å². The number of carbonyl (C=O) groups is 1. The summed E-state index contributed by atoms with van der Waals surface area (Å²) < 4.78 is 5.53. The Bertz CT molecular complexity index is 407. The van der Waals surface area contributed by atoms with Crippen LogP contribution in [0.1, 0.15) is 37.2 Å². The number of ketones is 1. The first kappa shape index (κ1) is 9.88. The highest BCUT2D eigenvalue weighted by molar-refractivity contribution is 5.87. The highest BCUT2D eigenvalue weighted by Gasteiger charge is 2.31. The van der Waals surface area contributed by atoms with Crippen LogP contribution in [0.15, 0.2) is 24.3 Å². The Kier molecular flexibility index (Phi) is 2.43. The van der Waals surface area contributed by atoms with Gasteiger partial charge in [0, 0.05) is 12.0 Å². The lowest BCUT2D eigenvalue weighted by atomic mass is 9.93. The fourth-order valence-corrected chi connectivity index (χ4v) is 2.36. The van der Waals surface area contributed by atoms with Crippen LogP contribution in [0, 0.1) is 5.92 Å². The number of ether oxygens (including phenoxy) is 1. The van der Waals surface area contributed by atoms with E-state index in [-0.39, 0.29) is 5.92 Å². The van der Waals surface area contributed by atoms with E-state index in [0.717, 1.165) is 30.1 Å². The third-order valence-electron chi connectivity index (χ3n) is 3.58. The zero-order valence-electron chi connectivity index (χ0n) is 9.32.